The van der Waals surface area contributed by atoms with Gasteiger partial charge in [-0.2, -0.15) is 0 Å². The molecule has 0 aromatic carbocycles. The molecule has 0 spiro atoms. The van der Waals surface area contributed by atoms with E-state index in [4.69, 9.17) is 15.0 Å². The van der Waals surface area contributed by atoms with Crippen LogP contribution in [0.2, 0.25) is 0 Å². The molecule has 0 aliphatic rings. The van der Waals surface area contributed by atoms with Gasteiger partial charge in [-0.1, -0.05) is 0 Å². The summed E-state index contributed by atoms with van der Waals surface area (Å²) < 4.78 is 0. The molecule has 0 saturated heterocycles. The molecule has 0 saturated carbocycles. The quantitative estimate of drug-likeness (QED) is 0.295. The molecule has 0 aliphatic heterocycles. The van der Waals surface area contributed by atoms with Gasteiger partial charge in [-0.15, -0.1) is 0 Å². The van der Waals surface area contributed by atoms with Crippen molar-refractivity contribution in [2.24, 2.45) is 0 Å². The Kier molecular flexibility index (Phi) is 24.4. The predicted molar refractivity (Wildman–Crippen MR) is 16.8 cm³/mol. The summed E-state index contributed by atoms with van der Waals surface area (Å²) in [7, 11) is 0. The number of rotatable bonds is 0. The van der Waals surface area contributed by atoms with E-state index in [1.54, 1.807) is 0 Å². The Morgan fingerprint density at radius 1 is 1.50 bits per heavy atom. The minimum absolute atomic E-state index is 0. The molecule has 0 amide bonds. The van der Waals surface area contributed by atoms with E-state index in [1.165, 1.54) is 0 Å². The molecule has 4 nitrogen and oxygen atoms in total. The molecular weight excluding hydrogens is 97.0 g/mol. The molecule has 0 aliphatic carbocycles. The van der Waals surface area contributed by atoms with E-state index in [0.29, 0.717) is 0 Å². The van der Waals surface area contributed by atoms with Crippen LogP contribution >= 0.6 is 0 Å². The minimum Gasteiger partial charge on any atom is -1.00 e. The zero-order valence-corrected chi connectivity index (χ0v) is 5.51. The Labute approximate surface area is 58.5 Å². The molecule has 0 aromatic heterocycles. The van der Waals surface area contributed by atoms with Gasteiger partial charge in [-0.25, -0.2) is 4.79 Å². The predicted octanol–water partition coefficient (Wildman–Crippen LogP) is -2.50. The number of hydrogen-bond donors (Lipinski definition) is 3. The molecule has 6 heavy (non-hydrogen) atoms. The molecule has 0 radical (unpaired) electrons. The van der Waals surface area contributed by atoms with Crippen LogP contribution in [0, 0.1) is 0 Å². The summed E-state index contributed by atoms with van der Waals surface area (Å²) in [4.78, 5) is 8.56. The molecular formula is CH6NNaO3. The van der Waals surface area contributed by atoms with Crippen LogP contribution in [0.3, 0.4) is 0 Å². The normalized spacial score (nSPS) is 4.00. The third-order valence-corrected chi connectivity index (χ3v) is 0. The van der Waals surface area contributed by atoms with Crippen molar-refractivity contribution in [2.75, 3.05) is 0 Å². The van der Waals surface area contributed by atoms with Gasteiger partial charge < -0.3 is 17.8 Å². The number of hydrogen-bond acceptors (Lipinski definition) is 2. The van der Waals surface area contributed by atoms with Crippen LogP contribution in [0.25, 0.3) is 0 Å². The third-order valence-electron chi connectivity index (χ3n) is 0. The molecule has 5 N–H and O–H groups in total. The van der Waals surface area contributed by atoms with E-state index in [-0.39, 0.29) is 37.1 Å². The van der Waals surface area contributed by atoms with E-state index in [2.05, 4.69) is 0 Å². The average molecular weight is 103 g/mol. The van der Waals surface area contributed by atoms with Gasteiger partial charge >= 0.3 is 35.7 Å². The molecule has 5 heteroatoms. The van der Waals surface area contributed by atoms with Gasteiger partial charge in [0.2, 0.25) is 0 Å². The van der Waals surface area contributed by atoms with Crippen LogP contribution in [0.15, 0.2) is 0 Å². The monoisotopic (exact) mass is 103 g/mol. The SMILES string of the molecule is N.O=C(O)O.[H-].[Na+]. The van der Waals surface area contributed by atoms with Crippen molar-refractivity contribution in [1.29, 1.82) is 0 Å². The summed E-state index contributed by atoms with van der Waals surface area (Å²) in [6.45, 7) is 0. The van der Waals surface area contributed by atoms with Crippen LogP contribution in [-0.2, 0) is 0 Å². The van der Waals surface area contributed by atoms with Crippen molar-refractivity contribution in [1.82, 2.24) is 6.15 Å². The Balaban J connectivity index is -0.0000000150. The standard InChI is InChI=1S/CH2O3.H3N.Na.H/c2-1(3)4;;;/h(H2,2,3,4);1H3;;/q;;+1;-1. The summed E-state index contributed by atoms with van der Waals surface area (Å²) in [5.74, 6) is 0. The summed E-state index contributed by atoms with van der Waals surface area (Å²) in [6, 6.07) is 0. The van der Waals surface area contributed by atoms with Crippen LogP contribution in [0.5, 0.6) is 0 Å². The van der Waals surface area contributed by atoms with Crippen molar-refractivity contribution >= 4 is 6.16 Å². The fourth-order valence-electron chi connectivity index (χ4n) is 0. The third kappa shape index (κ3) is 834. The van der Waals surface area contributed by atoms with Crippen LogP contribution in [-0.4, -0.2) is 16.4 Å². The van der Waals surface area contributed by atoms with Crippen molar-refractivity contribution in [3.05, 3.63) is 0 Å². The van der Waals surface area contributed by atoms with E-state index < -0.39 is 6.16 Å². The first-order valence-electron chi connectivity index (χ1n) is 0.651. The second-order valence-corrected chi connectivity index (χ2v) is 0.283. The maximum Gasteiger partial charge on any atom is 1.00 e. The molecule has 0 fully saturated rings. The summed E-state index contributed by atoms with van der Waals surface area (Å²) in [6.07, 6.45) is -1.83. The smallest absolute Gasteiger partial charge is 1.00 e. The van der Waals surface area contributed by atoms with Crippen LogP contribution < -0.4 is 35.7 Å². The van der Waals surface area contributed by atoms with E-state index in [1.807, 2.05) is 0 Å². The zero-order valence-electron chi connectivity index (χ0n) is 4.51. The first-order chi connectivity index (χ1) is 1.73. The first kappa shape index (κ1) is 16.3. The molecule has 34 valence electrons. The van der Waals surface area contributed by atoms with Gasteiger partial charge in [0, 0.05) is 0 Å². The Hall–Kier alpha value is 0.230. The molecule has 0 aromatic rings. The summed E-state index contributed by atoms with van der Waals surface area (Å²) in [5, 5.41) is 13.9. The zero-order chi connectivity index (χ0) is 3.58. The average Bonchev–Trinajstić information content (AvgIpc) is 0.811. The van der Waals surface area contributed by atoms with Gasteiger partial charge in [0.1, 0.15) is 0 Å². The fraction of sp³-hybridized carbons (Fsp3) is 0. The summed E-state index contributed by atoms with van der Waals surface area (Å²) >= 11 is 0. The molecule has 0 atom stereocenters. The Morgan fingerprint density at radius 2 is 1.50 bits per heavy atom. The molecule has 0 rings (SSSR count). The summed E-state index contributed by atoms with van der Waals surface area (Å²) in [5.41, 5.74) is 0. The number of carbonyl (C=O) groups is 1. The maximum absolute atomic E-state index is 8.56. The number of carboxylic acid groups (broad SMARTS) is 2. The second kappa shape index (κ2) is 8.97. The molecule has 0 bridgehead atoms. The van der Waals surface area contributed by atoms with Crippen molar-refractivity contribution in [3.8, 4) is 0 Å². The fourth-order valence-corrected chi connectivity index (χ4v) is 0. The van der Waals surface area contributed by atoms with Gasteiger partial charge in [0.15, 0.2) is 0 Å². The van der Waals surface area contributed by atoms with Crippen molar-refractivity contribution < 1.29 is 46.0 Å². The van der Waals surface area contributed by atoms with Crippen molar-refractivity contribution in [2.45, 2.75) is 0 Å². The van der Waals surface area contributed by atoms with Crippen molar-refractivity contribution in [3.63, 3.8) is 0 Å². The topological polar surface area (TPSA) is 92.5 Å². The first-order valence-corrected chi connectivity index (χ1v) is 0.651. The van der Waals surface area contributed by atoms with E-state index in [9.17, 15) is 0 Å². The maximum atomic E-state index is 8.56. The van der Waals surface area contributed by atoms with Crippen LogP contribution in [0.4, 0.5) is 4.79 Å². The van der Waals surface area contributed by atoms with Gasteiger partial charge in [-0.05, 0) is 0 Å². The van der Waals surface area contributed by atoms with Gasteiger partial charge in [-0.3, -0.25) is 0 Å². The Morgan fingerprint density at radius 3 is 1.50 bits per heavy atom. The molecule has 0 heterocycles. The second-order valence-electron chi connectivity index (χ2n) is 0.283. The van der Waals surface area contributed by atoms with E-state index in [0.717, 1.165) is 0 Å². The minimum atomic E-state index is -1.83. The molecule has 0 unspecified atom stereocenters. The van der Waals surface area contributed by atoms with Gasteiger partial charge in [0.05, 0.1) is 0 Å². The van der Waals surface area contributed by atoms with Crippen LogP contribution in [0.1, 0.15) is 1.43 Å². The van der Waals surface area contributed by atoms with E-state index >= 15 is 0 Å². The van der Waals surface area contributed by atoms with Gasteiger partial charge in [0.25, 0.3) is 0 Å². The Bertz CT molecular complexity index is 37.9. The largest absolute Gasteiger partial charge is 1.00 e.